The number of likely N-dealkylation sites (N-methyl/N-ethyl adjacent to an activating group) is 1. The van der Waals surface area contributed by atoms with Crippen LogP contribution in [0.25, 0.3) is 0 Å². The van der Waals surface area contributed by atoms with Gasteiger partial charge in [0.25, 0.3) is 0 Å². The monoisotopic (exact) mass is 220 g/mol. The fourth-order valence-electron chi connectivity index (χ4n) is 1.12. The van der Waals surface area contributed by atoms with E-state index >= 15 is 0 Å². The van der Waals surface area contributed by atoms with Crippen molar-refractivity contribution < 1.29 is 23.9 Å². The number of carboxylic acids is 1. The molecule has 0 aliphatic carbocycles. The predicted molar refractivity (Wildman–Crippen MR) is 56.8 cm³/mol. The van der Waals surface area contributed by atoms with Crippen LogP contribution in [0.2, 0.25) is 0 Å². The van der Waals surface area contributed by atoms with Crippen LogP contribution in [0, 0.1) is 0 Å². The summed E-state index contributed by atoms with van der Waals surface area (Å²) in [6.07, 6.45) is 0. The average Bonchev–Trinajstić information content (AvgIpc) is 2.08. The number of nitrogens with zero attached hydrogens (tertiary/aromatic N) is 1. The van der Waals surface area contributed by atoms with Crippen molar-refractivity contribution in [3.63, 3.8) is 0 Å². The second-order valence-corrected chi connectivity index (χ2v) is 4.02. The van der Waals surface area contributed by atoms with Gasteiger partial charge in [-0.1, -0.05) is 0 Å². The zero-order valence-electron chi connectivity index (χ0n) is 9.86. The smallest absolute Gasteiger partial charge is 0.359 e. The summed E-state index contributed by atoms with van der Waals surface area (Å²) in [6.45, 7) is 5.18. The Morgan fingerprint density at radius 3 is 2.33 bits per heavy atom. The first-order valence-electron chi connectivity index (χ1n) is 5.17. The van der Waals surface area contributed by atoms with Crippen LogP contribution in [0.1, 0.15) is 6.92 Å². The molecule has 5 heteroatoms. The number of ether oxygens (including phenoxy) is 2. The zero-order valence-corrected chi connectivity index (χ0v) is 9.86. The van der Waals surface area contributed by atoms with Gasteiger partial charge in [-0.05, 0) is 6.92 Å². The maximum absolute atomic E-state index is 10.5. The van der Waals surface area contributed by atoms with E-state index < -0.39 is 5.97 Å². The first kappa shape index (κ1) is 14.3. The predicted octanol–water partition coefficient (Wildman–Crippen LogP) is 0.201. The van der Waals surface area contributed by atoms with Crippen molar-refractivity contribution >= 4 is 5.97 Å². The molecule has 0 saturated heterocycles. The van der Waals surface area contributed by atoms with Gasteiger partial charge in [0.05, 0.1) is 33.9 Å². The Kier molecular flexibility index (Phi) is 7.29. The van der Waals surface area contributed by atoms with Gasteiger partial charge in [0.15, 0.2) is 6.54 Å². The molecule has 0 rings (SSSR count). The Labute approximate surface area is 91.2 Å². The molecule has 0 aromatic carbocycles. The van der Waals surface area contributed by atoms with Crippen molar-refractivity contribution in [1.29, 1.82) is 0 Å². The highest BCUT2D eigenvalue weighted by atomic mass is 16.5. The van der Waals surface area contributed by atoms with Crippen molar-refractivity contribution in [3.8, 4) is 0 Å². The van der Waals surface area contributed by atoms with Gasteiger partial charge in [0.1, 0.15) is 6.54 Å². The molecule has 0 aromatic rings. The van der Waals surface area contributed by atoms with Crippen LogP contribution in [-0.2, 0) is 14.3 Å². The van der Waals surface area contributed by atoms with Crippen LogP contribution in [0.5, 0.6) is 0 Å². The summed E-state index contributed by atoms with van der Waals surface area (Å²) in [5.41, 5.74) is 0. The van der Waals surface area contributed by atoms with Crippen molar-refractivity contribution in [2.24, 2.45) is 0 Å². The number of carbonyl (C=O) groups is 1. The molecule has 15 heavy (non-hydrogen) atoms. The maximum Gasteiger partial charge on any atom is 0.359 e. The molecule has 0 aromatic heterocycles. The second-order valence-electron chi connectivity index (χ2n) is 4.02. The summed E-state index contributed by atoms with van der Waals surface area (Å²) in [4.78, 5) is 10.5. The topological polar surface area (TPSA) is 55.8 Å². The van der Waals surface area contributed by atoms with Crippen molar-refractivity contribution in [3.05, 3.63) is 0 Å². The molecule has 0 saturated carbocycles. The van der Waals surface area contributed by atoms with E-state index in [1.54, 1.807) is 0 Å². The quantitative estimate of drug-likeness (QED) is 0.445. The third kappa shape index (κ3) is 9.65. The maximum atomic E-state index is 10.5. The molecule has 5 nitrogen and oxygen atoms in total. The molecule has 0 unspecified atom stereocenters. The van der Waals surface area contributed by atoms with Gasteiger partial charge in [0, 0.05) is 6.61 Å². The van der Waals surface area contributed by atoms with E-state index in [4.69, 9.17) is 14.6 Å². The van der Waals surface area contributed by atoms with Crippen LogP contribution in [0.3, 0.4) is 0 Å². The lowest BCUT2D eigenvalue weighted by Crippen LogP contribution is -2.46. The van der Waals surface area contributed by atoms with E-state index in [1.807, 2.05) is 21.0 Å². The molecular formula is C10H22NO4+. The zero-order chi connectivity index (χ0) is 11.7. The van der Waals surface area contributed by atoms with E-state index in [0.29, 0.717) is 37.5 Å². The highest BCUT2D eigenvalue weighted by Crippen LogP contribution is 1.96. The summed E-state index contributed by atoms with van der Waals surface area (Å²) >= 11 is 0. The summed E-state index contributed by atoms with van der Waals surface area (Å²) < 4.78 is 10.9. The highest BCUT2D eigenvalue weighted by Gasteiger charge is 2.18. The SMILES string of the molecule is CCOCCOCC[N+](C)(C)CC(=O)O. The minimum atomic E-state index is -0.783. The first-order chi connectivity index (χ1) is 6.98. The molecule has 0 aliphatic heterocycles. The summed E-state index contributed by atoms with van der Waals surface area (Å²) in [7, 11) is 3.75. The van der Waals surface area contributed by atoms with E-state index in [1.165, 1.54) is 0 Å². The lowest BCUT2D eigenvalue weighted by atomic mass is 10.4. The summed E-state index contributed by atoms with van der Waals surface area (Å²) in [5, 5.41) is 8.65. The number of hydrogen-bond donors (Lipinski definition) is 1. The van der Waals surface area contributed by atoms with Crippen molar-refractivity contribution in [2.45, 2.75) is 6.92 Å². The van der Waals surface area contributed by atoms with E-state index in [9.17, 15) is 4.79 Å². The van der Waals surface area contributed by atoms with Crippen LogP contribution in [0.4, 0.5) is 0 Å². The summed E-state index contributed by atoms with van der Waals surface area (Å²) in [5.74, 6) is -0.783. The van der Waals surface area contributed by atoms with E-state index in [-0.39, 0.29) is 6.54 Å². The Hall–Kier alpha value is -0.650. The van der Waals surface area contributed by atoms with Gasteiger partial charge >= 0.3 is 5.97 Å². The van der Waals surface area contributed by atoms with Crippen LogP contribution < -0.4 is 0 Å². The molecule has 0 heterocycles. The van der Waals surface area contributed by atoms with Gasteiger partial charge in [-0.25, -0.2) is 4.79 Å². The van der Waals surface area contributed by atoms with Gasteiger partial charge in [0.2, 0.25) is 0 Å². The van der Waals surface area contributed by atoms with Crippen molar-refractivity contribution in [2.75, 3.05) is 53.6 Å². The first-order valence-corrected chi connectivity index (χ1v) is 5.17. The molecule has 90 valence electrons. The largest absolute Gasteiger partial charge is 0.477 e. The fraction of sp³-hybridized carbons (Fsp3) is 0.900. The minimum absolute atomic E-state index is 0.120. The summed E-state index contributed by atoms with van der Waals surface area (Å²) in [6, 6.07) is 0. The average molecular weight is 220 g/mol. The molecule has 0 aliphatic rings. The van der Waals surface area contributed by atoms with Crippen LogP contribution in [0.15, 0.2) is 0 Å². The van der Waals surface area contributed by atoms with E-state index in [0.717, 1.165) is 0 Å². The van der Waals surface area contributed by atoms with Gasteiger partial charge < -0.3 is 19.1 Å². The Bertz CT molecular complexity index is 182. The molecular weight excluding hydrogens is 198 g/mol. The molecule has 0 radical (unpaired) electrons. The molecule has 0 atom stereocenters. The molecule has 1 N–H and O–H groups in total. The fourth-order valence-corrected chi connectivity index (χ4v) is 1.12. The standard InChI is InChI=1S/C10H21NO4/c1-4-14-7-8-15-6-5-11(2,3)9-10(12)13/h4-9H2,1-3H3/p+1. The normalized spacial score (nSPS) is 11.7. The van der Waals surface area contributed by atoms with E-state index in [2.05, 4.69) is 0 Å². The lowest BCUT2D eigenvalue weighted by Gasteiger charge is -2.27. The molecule has 0 amide bonds. The van der Waals surface area contributed by atoms with Gasteiger partial charge in [-0.15, -0.1) is 0 Å². The molecule has 0 bridgehead atoms. The minimum Gasteiger partial charge on any atom is -0.477 e. The highest BCUT2D eigenvalue weighted by molar-refractivity contribution is 5.67. The molecule has 0 spiro atoms. The Morgan fingerprint density at radius 2 is 1.80 bits per heavy atom. The third-order valence-electron chi connectivity index (χ3n) is 1.98. The Morgan fingerprint density at radius 1 is 1.20 bits per heavy atom. The van der Waals surface area contributed by atoms with Gasteiger partial charge in [-0.2, -0.15) is 0 Å². The van der Waals surface area contributed by atoms with Crippen molar-refractivity contribution in [1.82, 2.24) is 0 Å². The van der Waals surface area contributed by atoms with Crippen LogP contribution >= 0.6 is 0 Å². The lowest BCUT2D eigenvalue weighted by molar-refractivity contribution is -0.883. The van der Waals surface area contributed by atoms with Gasteiger partial charge in [-0.3, -0.25) is 0 Å². The van der Waals surface area contributed by atoms with Crippen LogP contribution in [-0.4, -0.2) is 69.2 Å². The number of hydrogen-bond acceptors (Lipinski definition) is 3. The number of aliphatic carboxylic acids is 1. The second kappa shape index (κ2) is 7.62. The number of rotatable bonds is 9. The molecule has 0 fully saturated rings. The Balaban J connectivity index is 3.44. The number of carboxylic acid groups (broad SMARTS) is 1. The number of quaternary nitrogens is 1. The third-order valence-corrected chi connectivity index (χ3v) is 1.98.